The molecule has 2 aromatic heterocycles. The fourth-order valence-corrected chi connectivity index (χ4v) is 3.37. The minimum absolute atomic E-state index is 0.415. The van der Waals surface area contributed by atoms with Gasteiger partial charge in [-0.25, -0.2) is 4.98 Å². The lowest BCUT2D eigenvalue weighted by atomic mass is 10.0. The molecule has 28 heavy (non-hydrogen) atoms. The van der Waals surface area contributed by atoms with E-state index in [1.165, 1.54) is 0 Å². The maximum atomic E-state index is 6.49. The second-order valence-corrected chi connectivity index (χ2v) is 7.19. The lowest BCUT2D eigenvalue weighted by molar-refractivity contribution is 0.282. The molecule has 0 bridgehead atoms. The van der Waals surface area contributed by atoms with E-state index in [9.17, 15) is 0 Å². The Morgan fingerprint density at radius 3 is 2.46 bits per heavy atom. The molecule has 0 aliphatic rings. The van der Waals surface area contributed by atoms with Gasteiger partial charge in [-0.05, 0) is 37.1 Å². The molecular formula is C21H18Cl2N4O. The zero-order valence-corrected chi connectivity index (χ0v) is 17.0. The first-order chi connectivity index (χ1) is 13.6. The van der Waals surface area contributed by atoms with Gasteiger partial charge < -0.3 is 4.74 Å². The molecule has 2 aromatic carbocycles. The summed E-state index contributed by atoms with van der Waals surface area (Å²) in [5.41, 5.74) is 3.99. The third-order valence-electron chi connectivity index (χ3n) is 4.26. The highest BCUT2D eigenvalue weighted by Crippen LogP contribution is 2.38. The number of ether oxygens (including phenoxy) is 1. The number of halogens is 2. The molecule has 0 aliphatic carbocycles. The maximum Gasteiger partial charge on any atom is 0.321 e. The van der Waals surface area contributed by atoms with Gasteiger partial charge >= 0.3 is 6.01 Å². The molecule has 7 heteroatoms. The first-order valence-electron chi connectivity index (χ1n) is 8.99. The third-order valence-corrected chi connectivity index (χ3v) is 4.85. The zero-order valence-electron chi connectivity index (χ0n) is 15.5. The summed E-state index contributed by atoms with van der Waals surface area (Å²) in [7, 11) is 0. The minimum atomic E-state index is 0.415. The zero-order chi connectivity index (χ0) is 19.7. The summed E-state index contributed by atoms with van der Waals surface area (Å²) in [6, 6.07) is 15.6. The molecule has 0 unspecified atom stereocenters. The summed E-state index contributed by atoms with van der Waals surface area (Å²) in [6.07, 6.45) is 0.868. The van der Waals surface area contributed by atoms with E-state index in [0.29, 0.717) is 39.8 Å². The van der Waals surface area contributed by atoms with Crippen LogP contribution < -0.4 is 4.74 Å². The highest BCUT2D eigenvalue weighted by molar-refractivity contribution is 6.33. The third kappa shape index (κ3) is 3.43. The molecule has 142 valence electrons. The van der Waals surface area contributed by atoms with E-state index in [4.69, 9.17) is 33.0 Å². The van der Waals surface area contributed by atoms with Crippen molar-refractivity contribution in [2.24, 2.45) is 0 Å². The average molecular weight is 413 g/mol. The molecule has 0 saturated carbocycles. The number of aromatic nitrogens is 4. The largest absolute Gasteiger partial charge is 0.463 e. The van der Waals surface area contributed by atoms with Crippen LogP contribution in [0.1, 0.15) is 19.2 Å². The summed E-state index contributed by atoms with van der Waals surface area (Å²) in [6.45, 7) is 4.43. The number of nitrogens with zero attached hydrogens (tertiary/aromatic N) is 4. The molecule has 0 fully saturated rings. The molecule has 4 rings (SSSR count). The van der Waals surface area contributed by atoms with Crippen LogP contribution in [0, 0.1) is 6.92 Å². The fourth-order valence-electron chi connectivity index (χ4n) is 3.02. The molecule has 0 atom stereocenters. The molecule has 0 amide bonds. The van der Waals surface area contributed by atoms with Crippen LogP contribution in [0.2, 0.25) is 10.0 Å². The molecule has 0 spiro atoms. The second-order valence-electron chi connectivity index (χ2n) is 6.35. The average Bonchev–Trinajstić information content (AvgIpc) is 3.06. The van der Waals surface area contributed by atoms with Crippen molar-refractivity contribution in [3.8, 4) is 28.4 Å². The summed E-state index contributed by atoms with van der Waals surface area (Å²) in [4.78, 5) is 9.08. The van der Waals surface area contributed by atoms with Gasteiger partial charge in [-0.1, -0.05) is 60.5 Å². The molecule has 0 radical (unpaired) electrons. The Kier molecular flexibility index (Phi) is 5.20. The van der Waals surface area contributed by atoms with Crippen molar-refractivity contribution in [2.45, 2.75) is 20.3 Å². The van der Waals surface area contributed by atoms with E-state index in [0.717, 1.165) is 23.1 Å². The molecule has 5 nitrogen and oxygen atoms in total. The molecule has 0 saturated heterocycles. The van der Waals surface area contributed by atoms with Crippen molar-refractivity contribution in [1.82, 2.24) is 19.6 Å². The van der Waals surface area contributed by atoms with Gasteiger partial charge in [-0.2, -0.15) is 14.6 Å². The van der Waals surface area contributed by atoms with Gasteiger partial charge in [0.05, 0.1) is 17.2 Å². The molecule has 4 aromatic rings. The van der Waals surface area contributed by atoms with Crippen molar-refractivity contribution >= 4 is 28.8 Å². The van der Waals surface area contributed by atoms with E-state index in [-0.39, 0.29) is 0 Å². The Hall–Kier alpha value is -2.63. The Labute approximate surface area is 172 Å². The topological polar surface area (TPSA) is 52.3 Å². The van der Waals surface area contributed by atoms with E-state index < -0.39 is 0 Å². The van der Waals surface area contributed by atoms with Gasteiger partial charge in [-0.15, -0.1) is 0 Å². The highest BCUT2D eigenvalue weighted by atomic mass is 35.5. The van der Waals surface area contributed by atoms with Crippen LogP contribution in [0.4, 0.5) is 0 Å². The maximum absolute atomic E-state index is 6.49. The number of hydrogen-bond donors (Lipinski definition) is 0. The number of fused-ring (bicyclic) bond motifs is 1. The van der Waals surface area contributed by atoms with Crippen LogP contribution in [-0.4, -0.2) is 26.2 Å². The van der Waals surface area contributed by atoms with Gasteiger partial charge in [-0.3, -0.25) is 0 Å². The summed E-state index contributed by atoms with van der Waals surface area (Å²) in [5.74, 6) is 0.611. The van der Waals surface area contributed by atoms with Gasteiger partial charge in [0.25, 0.3) is 0 Å². The lowest BCUT2D eigenvalue weighted by Crippen LogP contribution is -2.07. The molecule has 0 N–H and O–H groups in total. The lowest BCUT2D eigenvalue weighted by Gasteiger charge is -2.07. The quantitative estimate of drug-likeness (QED) is 0.411. The Bertz CT molecular complexity index is 1140. The normalized spacial score (nSPS) is 11.1. The number of benzene rings is 2. The number of aryl methyl sites for hydroxylation is 1. The van der Waals surface area contributed by atoms with Crippen LogP contribution in [0.3, 0.4) is 0 Å². The van der Waals surface area contributed by atoms with Gasteiger partial charge in [0.15, 0.2) is 5.65 Å². The molecular weight excluding hydrogens is 395 g/mol. The number of rotatable bonds is 5. The van der Waals surface area contributed by atoms with Crippen LogP contribution in [-0.2, 0) is 0 Å². The van der Waals surface area contributed by atoms with Crippen LogP contribution in [0.5, 0.6) is 6.01 Å². The van der Waals surface area contributed by atoms with E-state index in [1.54, 1.807) is 4.52 Å². The smallest absolute Gasteiger partial charge is 0.321 e. The minimum Gasteiger partial charge on any atom is -0.463 e. The monoisotopic (exact) mass is 412 g/mol. The first kappa shape index (κ1) is 18.7. The highest BCUT2D eigenvalue weighted by Gasteiger charge is 2.22. The van der Waals surface area contributed by atoms with Crippen molar-refractivity contribution in [3.63, 3.8) is 0 Å². The fraction of sp³-hybridized carbons (Fsp3) is 0.190. The van der Waals surface area contributed by atoms with Crippen molar-refractivity contribution in [1.29, 1.82) is 0 Å². The van der Waals surface area contributed by atoms with E-state index in [1.807, 2.05) is 62.4 Å². The SMILES string of the molecule is CCCOc1nc(C)nc2c(-c3ccc(Cl)cc3)c(-c3ccccc3Cl)nn12. The van der Waals surface area contributed by atoms with Crippen LogP contribution in [0.25, 0.3) is 28.0 Å². The van der Waals surface area contributed by atoms with E-state index in [2.05, 4.69) is 9.97 Å². The van der Waals surface area contributed by atoms with Crippen LogP contribution in [0.15, 0.2) is 48.5 Å². The van der Waals surface area contributed by atoms with Crippen molar-refractivity contribution in [3.05, 3.63) is 64.4 Å². The van der Waals surface area contributed by atoms with Crippen molar-refractivity contribution < 1.29 is 4.74 Å². The summed E-state index contributed by atoms with van der Waals surface area (Å²) < 4.78 is 7.48. The van der Waals surface area contributed by atoms with Crippen LogP contribution >= 0.6 is 23.2 Å². The Morgan fingerprint density at radius 1 is 1.00 bits per heavy atom. The first-order valence-corrected chi connectivity index (χ1v) is 9.75. The predicted molar refractivity (Wildman–Crippen MR) is 112 cm³/mol. The predicted octanol–water partition coefficient (Wildman–Crippen LogP) is 5.86. The Balaban J connectivity index is 2.05. The Morgan fingerprint density at radius 2 is 1.75 bits per heavy atom. The summed E-state index contributed by atoms with van der Waals surface area (Å²) >= 11 is 12.6. The standard InChI is InChI=1S/C21H18Cl2N4O/c1-3-12-28-21-25-13(2)24-20-18(14-8-10-15(22)11-9-14)19(26-27(20)21)16-6-4-5-7-17(16)23/h4-11H,3,12H2,1-2H3. The number of hydrogen-bond acceptors (Lipinski definition) is 4. The summed E-state index contributed by atoms with van der Waals surface area (Å²) in [5, 5.41) is 6.06. The van der Waals surface area contributed by atoms with Crippen molar-refractivity contribution in [2.75, 3.05) is 6.61 Å². The van der Waals surface area contributed by atoms with E-state index >= 15 is 0 Å². The van der Waals surface area contributed by atoms with Gasteiger partial charge in [0.2, 0.25) is 0 Å². The molecule has 2 heterocycles. The second kappa shape index (κ2) is 7.78. The van der Waals surface area contributed by atoms with Gasteiger partial charge in [0.1, 0.15) is 11.5 Å². The molecule has 0 aliphatic heterocycles. The van der Waals surface area contributed by atoms with Gasteiger partial charge in [0, 0.05) is 10.6 Å².